The number of aliphatic hydroxyl groups is 12. The fourth-order valence-corrected chi connectivity index (χ4v) is 3.45. The Morgan fingerprint density at radius 1 is 0.286 bits per heavy atom. The van der Waals surface area contributed by atoms with Gasteiger partial charge in [0.2, 0.25) is 0 Å². The smallest absolute Gasteiger partial charge is 0.105 e. The molecule has 0 aliphatic rings. The monoisotopic (exact) mass is 1690 g/mol. The van der Waals surface area contributed by atoms with Crippen LogP contribution in [0, 0.1) is 42.7 Å². The van der Waals surface area contributed by atoms with E-state index in [1.165, 1.54) is 0 Å². The molecule has 0 aromatic rings. The number of rotatable bonds is 38. The van der Waals surface area contributed by atoms with E-state index in [-0.39, 0.29) is 132 Å². The van der Waals surface area contributed by atoms with E-state index >= 15 is 0 Å². The third kappa shape index (κ3) is 54.1. The fourth-order valence-electron chi connectivity index (χ4n) is 3.45. The molecule has 0 rings (SSSR count). The zero-order valence-electron chi connectivity index (χ0n) is 36.5. The zero-order chi connectivity index (χ0) is 46.4. The van der Waals surface area contributed by atoms with Gasteiger partial charge in [-0.25, -0.2) is 42.7 Å². The van der Waals surface area contributed by atoms with Crippen LogP contribution < -0.4 is 0 Å². The zero-order valence-corrected chi connectivity index (χ0v) is 55.7. The Balaban J connectivity index is -0.000000155. The topological polar surface area (TPSA) is 354 Å². The average Bonchev–Trinajstić information content (AvgIpc) is 3.21. The molecule has 0 aromatic heterocycles. The van der Waals surface area contributed by atoms with E-state index in [9.17, 15) is 30.6 Å². The third-order valence-corrected chi connectivity index (χ3v) is 6.45. The molecule has 27 heteroatoms. The Morgan fingerprint density at radius 2 is 0.524 bits per heavy atom. The summed E-state index contributed by atoms with van der Waals surface area (Å²) in [4.78, 5) is 0. The molecular formula is C36H74O24Rf3-6. The first kappa shape index (κ1) is 73.4. The van der Waals surface area contributed by atoms with Crippen molar-refractivity contribution in [1.29, 1.82) is 0 Å². The predicted molar refractivity (Wildman–Crippen MR) is 207 cm³/mol. The van der Waals surface area contributed by atoms with Crippen molar-refractivity contribution in [3.63, 3.8) is 0 Å². The number of ether oxygens (including phenoxy) is 12. The molecule has 12 N–H and O–H groups in total. The molecule has 0 aromatic carbocycles. The van der Waals surface area contributed by atoms with Gasteiger partial charge in [-0.15, -0.1) is 0 Å². The van der Waals surface area contributed by atoms with Gasteiger partial charge < -0.3 is 118 Å². The minimum Gasteiger partial charge on any atom is -0.553 e. The third-order valence-electron chi connectivity index (χ3n) is 6.45. The van der Waals surface area contributed by atoms with Crippen LogP contribution in [0.1, 0.15) is 0 Å². The Morgan fingerprint density at radius 3 is 0.762 bits per heavy atom. The van der Waals surface area contributed by atoms with Crippen LogP contribution in [-0.4, -0.2) is 254 Å². The van der Waals surface area contributed by atoms with Crippen molar-refractivity contribution in [3.8, 4) is 0 Å². The summed E-state index contributed by atoms with van der Waals surface area (Å²) in [5.41, 5.74) is 0. The van der Waals surface area contributed by atoms with E-state index in [1.54, 1.807) is 0 Å². The first-order chi connectivity index (χ1) is 28.7. The first-order valence-electron chi connectivity index (χ1n) is 18.4. The molecule has 63 heavy (non-hydrogen) atoms. The molecule has 9 atom stereocenters. The van der Waals surface area contributed by atoms with Gasteiger partial charge >= 0.3 is 0 Å². The molecule has 0 aliphatic carbocycles. The summed E-state index contributed by atoms with van der Waals surface area (Å²) in [5.74, 6) is 0. The Hall–Kier alpha value is -3.96. The van der Waals surface area contributed by atoms with Crippen LogP contribution in [0.4, 0.5) is 0 Å². The summed E-state index contributed by atoms with van der Waals surface area (Å²) in [6.07, 6.45) is -10.0. The maximum Gasteiger partial charge on any atom is 0.105 e. The molecule has 0 radical (unpaired) electrons. The van der Waals surface area contributed by atoms with E-state index in [4.69, 9.17) is 59.1 Å². The molecular weight excluding hydrogens is 1620 g/mol. The van der Waals surface area contributed by atoms with Gasteiger partial charge in [0.15, 0.2) is 0 Å². The maximum atomic E-state index is 9.84. The maximum absolute atomic E-state index is 9.84. The van der Waals surface area contributed by atoms with Crippen molar-refractivity contribution in [2.45, 2.75) is 61.0 Å². The summed E-state index contributed by atoms with van der Waals surface area (Å²) in [7, 11) is 18.6. The van der Waals surface area contributed by atoms with E-state index < -0.39 is 61.0 Å². The van der Waals surface area contributed by atoms with Gasteiger partial charge in [0.05, 0.1) is 111 Å². The molecule has 0 amide bonds. The molecule has 0 aliphatic heterocycles. The summed E-state index contributed by atoms with van der Waals surface area (Å²) < 4.78 is 57.1. The molecule has 0 saturated carbocycles. The van der Waals surface area contributed by atoms with Gasteiger partial charge in [-0.05, 0) is 0 Å². The molecule has 0 spiro atoms. The second kappa shape index (κ2) is 56.1. The van der Waals surface area contributed by atoms with Crippen molar-refractivity contribution in [1.82, 2.24) is 0 Å². The number of aliphatic hydroxyl groups excluding tert-OH is 12. The van der Waals surface area contributed by atoms with Crippen LogP contribution in [0.25, 0.3) is 0 Å². The van der Waals surface area contributed by atoms with Crippen LogP contribution in [0.15, 0.2) is 0 Å². The van der Waals surface area contributed by atoms with Gasteiger partial charge in [-0.3, -0.25) is 0 Å². The van der Waals surface area contributed by atoms with Crippen LogP contribution in [-0.2, 0) is 56.8 Å². The summed E-state index contributed by atoms with van der Waals surface area (Å²) in [6, 6.07) is 0. The normalized spacial score (nSPS) is 15.5. The first-order valence-corrected chi connectivity index (χ1v) is 18.4. The van der Waals surface area contributed by atoms with Crippen LogP contribution in [0.2, 0.25) is 0 Å². The van der Waals surface area contributed by atoms with E-state index in [2.05, 4.69) is 71.1 Å². The summed E-state index contributed by atoms with van der Waals surface area (Å²) >= 11 is 0. The largest absolute Gasteiger partial charge is 0.553 e. The molecule has 0 saturated heterocycles. The molecule has 0 bridgehead atoms. The van der Waals surface area contributed by atoms with Gasteiger partial charge in [0.25, 0.3) is 0 Å². The molecule has 9 unspecified atom stereocenters. The van der Waals surface area contributed by atoms with Crippen molar-refractivity contribution in [3.05, 3.63) is 42.7 Å². The minimum atomic E-state index is -1.27. The average molecular weight is 1690 g/mol. The molecule has 24 nitrogen and oxygen atoms in total. The van der Waals surface area contributed by atoms with E-state index in [0.29, 0.717) is 0 Å². The van der Waals surface area contributed by atoms with Crippen LogP contribution in [0.3, 0.4) is 0 Å². The molecule has 374 valence electrons. The van der Waals surface area contributed by atoms with Gasteiger partial charge in [-0.2, -0.15) is 0 Å². The minimum absolute atomic E-state index is 0. The van der Waals surface area contributed by atoms with Crippen LogP contribution in [0.5, 0.6) is 0 Å². The van der Waals surface area contributed by atoms with Gasteiger partial charge in [0.1, 0.15) is 42.7 Å². The SMILES string of the molecule is [CH2-]OCC(O)C(O)COCC(COCC(O)C(O)CO[CH2-])OCC(O)C(O)CO[CH2-].[CH2-]OCC(O)COCCO.[CH2-]OCC(O)COCCO.[CH2-]OCC(O)COCCO.[Rf].[Rf].[Rf]. The number of hydrogen-bond acceptors (Lipinski definition) is 24. The van der Waals surface area contributed by atoms with Crippen LogP contribution >= 0.6 is 0 Å². The van der Waals surface area contributed by atoms with E-state index in [1.807, 2.05) is 0 Å². The van der Waals surface area contributed by atoms with Gasteiger partial charge in [0, 0.05) is 39.6 Å². The fraction of sp³-hybridized carbons (Fsp3) is 0.833. The van der Waals surface area contributed by atoms with E-state index in [0.717, 1.165) is 0 Å². The van der Waals surface area contributed by atoms with Gasteiger partial charge in [-0.1, -0.05) is 0 Å². The molecule has 0 fully saturated rings. The quantitative estimate of drug-likeness (QED) is 0.0203. The second-order valence-electron chi connectivity index (χ2n) is 12.0. The summed E-state index contributed by atoms with van der Waals surface area (Å²) in [5, 5.41) is 110. The van der Waals surface area contributed by atoms with Crippen molar-refractivity contribution in [2.24, 2.45) is 0 Å². The predicted octanol–water partition coefficient (Wildman–Crippen LogP) is -5.51. The van der Waals surface area contributed by atoms with Crippen molar-refractivity contribution < 1.29 is 118 Å². The number of hydrogen-bond donors (Lipinski definition) is 12. The van der Waals surface area contributed by atoms with Crippen molar-refractivity contribution >= 4 is 0 Å². The molecule has 0 heterocycles. The Bertz CT molecular complexity index is 747. The van der Waals surface area contributed by atoms with Crippen molar-refractivity contribution in [2.75, 3.05) is 132 Å². The standard InChI is InChI=1S/C18H35O12.3C6H13O4.3Rf/c1-25-6-13(19)16(22)9-28-4-12(30-11-18(24)15(21)8-27-3)5-29-10-17(23)14(20)7-26-2;3*1-9-4-6(8)5-10-3-2-7;;;/h12-24H,1-11H2;3*6-8H,1-5H2;;;/q-3;3*-1;;;. The second-order valence-corrected chi connectivity index (χ2v) is 12.0. The Labute approximate surface area is 353 Å². The summed E-state index contributed by atoms with van der Waals surface area (Å²) in [6.45, 7) is 0.109. The Kier molecular flexibility index (Phi) is 65.3.